The Morgan fingerprint density at radius 2 is 1.88 bits per heavy atom. The fraction of sp³-hybridized carbons (Fsp3) is 0.333. The summed E-state index contributed by atoms with van der Waals surface area (Å²) in [6.45, 7) is 1.41. The van der Waals surface area contributed by atoms with Crippen LogP contribution in [-0.4, -0.2) is 71.0 Å². The van der Waals surface area contributed by atoms with Crippen LogP contribution in [0, 0.1) is 0 Å². The van der Waals surface area contributed by atoms with Crippen LogP contribution in [0.15, 0.2) is 65.7 Å². The van der Waals surface area contributed by atoms with Crippen molar-refractivity contribution in [2.45, 2.75) is 32.0 Å². The van der Waals surface area contributed by atoms with E-state index in [4.69, 9.17) is 10.5 Å². The molecular formula is C30H35ClN6O4. The fourth-order valence-electron chi connectivity index (χ4n) is 5.28. The minimum Gasteiger partial charge on any atom is -0.497 e. The van der Waals surface area contributed by atoms with Gasteiger partial charge in [-0.15, -0.1) is 12.4 Å². The number of piperidine rings is 1. The first-order chi connectivity index (χ1) is 19.3. The maximum atomic E-state index is 14.1. The van der Waals surface area contributed by atoms with Gasteiger partial charge >= 0.3 is 0 Å². The number of benzene rings is 2. The standard InChI is InChI=1S/C30H34N6O4.ClH/c1-33(2)29(38)25-26-27(30(39)35(19-32-26)18-24(37)21-11-7-13-23(15-21)40-3)36(16-20-9-5-4-6-10-20)28(25)34-14-8-12-22(31)17-34;/h4-7,9-11,13,15,19,22H,8,12,14,16-18,31H2,1-3H3;1H. The minimum absolute atomic E-state index is 0. The Balaban J connectivity index is 0.00000387. The molecule has 0 bridgehead atoms. The number of aromatic nitrogens is 3. The van der Waals surface area contributed by atoms with Crippen LogP contribution in [0.2, 0.25) is 0 Å². The van der Waals surface area contributed by atoms with Crippen molar-refractivity contribution in [3.63, 3.8) is 0 Å². The van der Waals surface area contributed by atoms with Gasteiger partial charge in [0.25, 0.3) is 11.5 Å². The van der Waals surface area contributed by atoms with E-state index >= 15 is 0 Å². The van der Waals surface area contributed by atoms with E-state index in [-0.39, 0.29) is 42.2 Å². The summed E-state index contributed by atoms with van der Waals surface area (Å²) in [6, 6.07) is 16.5. The molecule has 1 unspecified atom stereocenters. The van der Waals surface area contributed by atoms with Crippen LogP contribution in [0.4, 0.5) is 5.82 Å². The van der Waals surface area contributed by atoms with Gasteiger partial charge in [0, 0.05) is 45.3 Å². The Labute approximate surface area is 244 Å². The van der Waals surface area contributed by atoms with E-state index < -0.39 is 5.56 Å². The first kappa shape index (κ1) is 29.8. The van der Waals surface area contributed by atoms with Gasteiger partial charge in [0.15, 0.2) is 5.78 Å². The number of ether oxygens (including phenoxy) is 1. The molecule has 2 aromatic heterocycles. The largest absolute Gasteiger partial charge is 0.497 e. The summed E-state index contributed by atoms with van der Waals surface area (Å²) in [5.74, 6) is 0.687. The summed E-state index contributed by atoms with van der Waals surface area (Å²) in [6.07, 6.45) is 3.12. The second-order valence-corrected chi connectivity index (χ2v) is 10.3. The maximum absolute atomic E-state index is 14.1. The molecule has 0 spiro atoms. The van der Waals surface area contributed by atoms with E-state index in [1.807, 2.05) is 34.9 Å². The van der Waals surface area contributed by atoms with Crippen LogP contribution in [0.25, 0.3) is 11.0 Å². The van der Waals surface area contributed by atoms with Gasteiger partial charge in [-0.25, -0.2) is 4.98 Å². The molecule has 1 atom stereocenters. The Kier molecular flexibility index (Phi) is 9.14. The van der Waals surface area contributed by atoms with Crippen molar-refractivity contribution in [3.05, 3.63) is 88.0 Å². The number of carbonyl (C=O) groups excluding carboxylic acids is 2. The van der Waals surface area contributed by atoms with E-state index in [1.54, 1.807) is 38.4 Å². The number of nitrogens with zero attached hydrogens (tertiary/aromatic N) is 5. The number of anilines is 1. The van der Waals surface area contributed by atoms with E-state index in [9.17, 15) is 14.4 Å². The second kappa shape index (κ2) is 12.6. The third kappa shape index (κ3) is 5.98. The fourth-order valence-corrected chi connectivity index (χ4v) is 5.28. The van der Waals surface area contributed by atoms with Gasteiger partial charge in [-0.05, 0) is 30.5 Å². The van der Waals surface area contributed by atoms with Crippen molar-refractivity contribution in [2.75, 3.05) is 39.2 Å². The molecule has 1 amide bonds. The van der Waals surface area contributed by atoms with Crippen molar-refractivity contribution in [2.24, 2.45) is 5.73 Å². The number of hydrogen-bond acceptors (Lipinski definition) is 7. The van der Waals surface area contributed by atoms with Crippen molar-refractivity contribution in [1.82, 2.24) is 19.0 Å². The molecule has 216 valence electrons. The monoisotopic (exact) mass is 578 g/mol. The SMILES string of the molecule is COc1cccc(C(=O)Cn2cnc3c(C(=O)N(C)C)c(N4CCCC(N)C4)n(Cc4ccccc4)c3c2=O)c1.Cl. The zero-order valence-electron chi connectivity index (χ0n) is 23.4. The topological polar surface area (TPSA) is 116 Å². The molecule has 1 aliphatic rings. The smallest absolute Gasteiger partial charge is 0.278 e. The molecule has 0 aliphatic carbocycles. The normalized spacial score (nSPS) is 14.9. The van der Waals surface area contributed by atoms with Gasteiger partial charge in [0.05, 0.1) is 20.0 Å². The summed E-state index contributed by atoms with van der Waals surface area (Å²) in [4.78, 5) is 49.1. The average molecular weight is 579 g/mol. The van der Waals surface area contributed by atoms with Crippen LogP contribution < -0.4 is 20.9 Å². The maximum Gasteiger partial charge on any atom is 0.278 e. The Morgan fingerprint density at radius 3 is 2.56 bits per heavy atom. The molecule has 1 aliphatic heterocycles. The van der Waals surface area contributed by atoms with E-state index in [1.165, 1.54) is 22.9 Å². The predicted molar refractivity (Wildman–Crippen MR) is 162 cm³/mol. The second-order valence-electron chi connectivity index (χ2n) is 10.3. The number of methoxy groups -OCH3 is 1. The number of halogens is 1. The van der Waals surface area contributed by atoms with Crippen LogP contribution in [-0.2, 0) is 13.1 Å². The van der Waals surface area contributed by atoms with Gasteiger partial charge in [-0.3, -0.25) is 19.0 Å². The molecule has 10 nitrogen and oxygen atoms in total. The number of hydrogen-bond donors (Lipinski definition) is 1. The van der Waals surface area contributed by atoms with Crippen molar-refractivity contribution < 1.29 is 14.3 Å². The van der Waals surface area contributed by atoms with Gasteiger partial charge < -0.3 is 24.8 Å². The van der Waals surface area contributed by atoms with Crippen LogP contribution in [0.5, 0.6) is 5.75 Å². The molecule has 0 radical (unpaired) electrons. The molecule has 3 heterocycles. The number of amides is 1. The van der Waals surface area contributed by atoms with Crippen molar-refractivity contribution in [1.29, 1.82) is 0 Å². The lowest BCUT2D eigenvalue weighted by atomic mass is 10.1. The lowest BCUT2D eigenvalue weighted by Gasteiger charge is -2.34. The number of rotatable bonds is 8. The van der Waals surface area contributed by atoms with Gasteiger partial charge in [-0.2, -0.15) is 0 Å². The Morgan fingerprint density at radius 1 is 1.12 bits per heavy atom. The lowest BCUT2D eigenvalue weighted by molar-refractivity contribution is 0.0829. The van der Waals surface area contributed by atoms with E-state index in [2.05, 4.69) is 9.88 Å². The minimum atomic E-state index is -0.391. The summed E-state index contributed by atoms with van der Waals surface area (Å²) < 4.78 is 8.43. The quantitative estimate of drug-likeness (QED) is 0.319. The highest BCUT2D eigenvalue weighted by atomic mass is 35.5. The molecule has 41 heavy (non-hydrogen) atoms. The summed E-state index contributed by atoms with van der Waals surface area (Å²) in [5, 5.41) is 0. The lowest BCUT2D eigenvalue weighted by Crippen LogP contribution is -2.44. The van der Waals surface area contributed by atoms with Crippen molar-refractivity contribution in [3.8, 4) is 5.75 Å². The highest BCUT2D eigenvalue weighted by Gasteiger charge is 2.32. The molecule has 2 N–H and O–H groups in total. The third-order valence-corrected chi connectivity index (χ3v) is 7.27. The number of nitrogens with two attached hydrogens (primary N) is 1. The first-order valence-electron chi connectivity index (χ1n) is 13.3. The number of carbonyl (C=O) groups is 2. The summed E-state index contributed by atoms with van der Waals surface area (Å²) >= 11 is 0. The summed E-state index contributed by atoms with van der Waals surface area (Å²) in [7, 11) is 4.90. The molecule has 5 rings (SSSR count). The van der Waals surface area contributed by atoms with Crippen LogP contribution >= 0.6 is 12.4 Å². The first-order valence-corrected chi connectivity index (χ1v) is 13.3. The molecule has 1 saturated heterocycles. The number of Topliss-reactive ketones (excluding diaryl/α,β-unsaturated/α-hetero) is 1. The highest BCUT2D eigenvalue weighted by molar-refractivity contribution is 6.10. The molecule has 2 aromatic carbocycles. The average Bonchev–Trinajstić information content (AvgIpc) is 3.28. The molecule has 1 fully saturated rings. The zero-order valence-corrected chi connectivity index (χ0v) is 24.3. The molecule has 0 saturated carbocycles. The number of ketones is 1. The van der Waals surface area contributed by atoms with Crippen LogP contribution in [0.1, 0.15) is 39.1 Å². The third-order valence-electron chi connectivity index (χ3n) is 7.27. The summed E-state index contributed by atoms with van der Waals surface area (Å²) in [5.41, 5.74) is 8.33. The Hall–Kier alpha value is -4.15. The highest BCUT2D eigenvalue weighted by Crippen LogP contribution is 2.33. The van der Waals surface area contributed by atoms with E-state index in [0.717, 1.165) is 18.4 Å². The predicted octanol–water partition coefficient (Wildman–Crippen LogP) is 3.19. The van der Waals surface area contributed by atoms with E-state index in [0.29, 0.717) is 47.8 Å². The van der Waals surface area contributed by atoms with Crippen LogP contribution in [0.3, 0.4) is 0 Å². The molecular weight excluding hydrogens is 544 g/mol. The number of fused-ring (bicyclic) bond motifs is 1. The Bertz CT molecular complexity index is 1610. The van der Waals surface area contributed by atoms with Gasteiger partial charge in [-0.1, -0.05) is 42.5 Å². The van der Waals surface area contributed by atoms with Crippen molar-refractivity contribution >= 4 is 40.9 Å². The molecule has 11 heteroatoms. The van der Waals surface area contributed by atoms with Gasteiger partial charge in [0.2, 0.25) is 0 Å². The van der Waals surface area contributed by atoms with Gasteiger partial charge in [0.1, 0.15) is 28.2 Å². The molecule has 4 aromatic rings. The zero-order chi connectivity index (χ0) is 28.4.